The molecule has 16 heavy (non-hydrogen) atoms. The zero-order valence-electron chi connectivity index (χ0n) is 8.79. The van der Waals surface area contributed by atoms with Gasteiger partial charge in [0.1, 0.15) is 0 Å². The molecule has 0 aromatic heterocycles. The van der Waals surface area contributed by atoms with E-state index in [9.17, 15) is 0 Å². The second kappa shape index (κ2) is 3.97. The SMILES string of the molecule is Clc1cccc(NC2CC3CC=CC32)c1Cl. The molecular formula is C13H13Cl2N. The van der Waals surface area contributed by atoms with Crippen molar-refractivity contribution in [1.29, 1.82) is 0 Å². The molecule has 0 aliphatic heterocycles. The summed E-state index contributed by atoms with van der Waals surface area (Å²) in [6, 6.07) is 6.26. The van der Waals surface area contributed by atoms with Gasteiger partial charge in [0.2, 0.25) is 0 Å². The Morgan fingerprint density at radius 1 is 1.25 bits per heavy atom. The van der Waals surface area contributed by atoms with Gasteiger partial charge in [-0.15, -0.1) is 0 Å². The van der Waals surface area contributed by atoms with Gasteiger partial charge in [-0.1, -0.05) is 41.4 Å². The number of halogens is 2. The van der Waals surface area contributed by atoms with Crippen LogP contribution in [-0.4, -0.2) is 6.04 Å². The Balaban J connectivity index is 1.75. The normalized spacial score (nSPS) is 31.0. The van der Waals surface area contributed by atoms with Crippen LogP contribution >= 0.6 is 23.2 Å². The minimum absolute atomic E-state index is 0.528. The predicted octanol–water partition coefficient (Wildman–Crippen LogP) is 4.37. The highest BCUT2D eigenvalue weighted by atomic mass is 35.5. The summed E-state index contributed by atoms with van der Waals surface area (Å²) in [6.07, 6.45) is 7.09. The molecule has 0 bridgehead atoms. The fourth-order valence-electron chi connectivity index (χ4n) is 2.70. The predicted molar refractivity (Wildman–Crippen MR) is 69.2 cm³/mol. The number of nitrogens with one attached hydrogen (secondary N) is 1. The Kier molecular flexibility index (Phi) is 2.61. The molecule has 3 unspecified atom stereocenters. The van der Waals surface area contributed by atoms with Crippen LogP contribution in [0.5, 0.6) is 0 Å². The van der Waals surface area contributed by atoms with E-state index in [1.807, 2.05) is 18.2 Å². The van der Waals surface area contributed by atoms with E-state index in [0.29, 0.717) is 22.0 Å². The van der Waals surface area contributed by atoms with E-state index in [2.05, 4.69) is 17.5 Å². The summed E-state index contributed by atoms with van der Waals surface area (Å²) in [4.78, 5) is 0. The fraction of sp³-hybridized carbons (Fsp3) is 0.385. The van der Waals surface area contributed by atoms with Crippen LogP contribution in [0.3, 0.4) is 0 Å². The summed E-state index contributed by atoms with van der Waals surface area (Å²) >= 11 is 12.1. The Morgan fingerprint density at radius 3 is 2.94 bits per heavy atom. The monoisotopic (exact) mass is 253 g/mol. The van der Waals surface area contributed by atoms with Crippen molar-refractivity contribution < 1.29 is 0 Å². The molecular weight excluding hydrogens is 241 g/mol. The Morgan fingerprint density at radius 2 is 2.12 bits per heavy atom. The molecule has 0 spiro atoms. The van der Waals surface area contributed by atoms with Crippen LogP contribution in [0.15, 0.2) is 30.4 Å². The van der Waals surface area contributed by atoms with Crippen molar-refractivity contribution in [3.8, 4) is 0 Å². The zero-order valence-corrected chi connectivity index (χ0v) is 10.3. The smallest absolute Gasteiger partial charge is 0.0823 e. The van der Waals surface area contributed by atoms with E-state index in [1.54, 1.807) is 0 Å². The summed E-state index contributed by atoms with van der Waals surface area (Å²) in [6.45, 7) is 0. The molecule has 1 aromatic rings. The largest absolute Gasteiger partial charge is 0.380 e. The van der Waals surface area contributed by atoms with Gasteiger partial charge in [-0.3, -0.25) is 0 Å². The van der Waals surface area contributed by atoms with E-state index >= 15 is 0 Å². The lowest BCUT2D eigenvalue weighted by atomic mass is 9.71. The molecule has 0 amide bonds. The molecule has 1 fully saturated rings. The first-order valence-electron chi connectivity index (χ1n) is 5.63. The zero-order chi connectivity index (χ0) is 11.1. The van der Waals surface area contributed by atoms with Crippen molar-refractivity contribution in [2.24, 2.45) is 11.8 Å². The summed E-state index contributed by atoms with van der Waals surface area (Å²) in [5.41, 5.74) is 0.956. The number of allylic oxidation sites excluding steroid dienone is 1. The summed E-state index contributed by atoms with van der Waals surface area (Å²) in [7, 11) is 0. The van der Waals surface area contributed by atoms with E-state index in [-0.39, 0.29) is 0 Å². The molecule has 1 aromatic carbocycles. The van der Waals surface area contributed by atoms with Crippen LogP contribution in [0.1, 0.15) is 12.8 Å². The van der Waals surface area contributed by atoms with Crippen LogP contribution in [0.2, 0.25) is 10.0 Å². The topological polar surface area (TPSA) is 12.0 Å². The third kappa shape index (κ3) is 1.63. The van der Waals surface area contributed by atoms with E-state index in [0.717, 1.165) is 11.6 Å². The molecule has 3 heteroatoms. The Bertz CT molecular complexity index is 442. The fourth-order valence-corrected chi connectivity index (χ4v) is 3.05. The first-order chi connectivity index (χ1) is 7.75. The third-order valence-corrected chi connectivity index (χ3v) is 4.47. The standard InChI is InChI=1S/C13H13Cl2N/c14-10-5-2-6-11(13(10)15)16-12-7-8-3-1-4-9(8)12/h1-2,4-6,8-9,12,16H,3,7H2. The second-order valence-electron chi connectivity index (χ2n) is 4.59. The number of benzene rings is 1. The highest BCUT2D eigenvalue weighted by molar-refractivity contribution is 6.43. The minimum atomic E-state index is 0.528. The number of anilines is 1. The van der Waals surface area contributed by atoms with Crippen LogP contribution in [0, 0.1) is 11.8 Å². The van der Waals surface area contributed by atoms with Gasteiger partial charge in [0.25, 0.3) is 0 Å². The molecule has 1 saturated carbocycles. The second-order valence-corrected chi connectivity index (χ2v) is 5.37. The van der Waals surface area contributed by atoms with Gasteiger partial charge in [-0.05, 0) is 30.9 Å². The maximum Gasteiger partial charge on any atom is 0.0823 e. The lowest BCUT2D eigenvalue weighted by Crippen LogP contribution is -2.43. The van der Waals surface area contributed by atoms with Crippen molar-refractivity contribution >= 4 is 28.9 Å². The van der Waals surface area contributed by atoms with Crippen LogP contribution in [0.4, 0.5) is 5.69 Å². The highest BCUT2D eigenvalue weighted by Crippen LogP contribution is 2.45. The average Bonchev–Trinajstić information content (AvgIpc) is 2.62. The van der Waals surface area contributed by atoms with Gasteiger partial charge in [0.15, 0.2) is 0 Å². The number of fused-ring (bicyclic) bond motifs is 1. The number of hydrogen-bond acceptors (Lipinski definition) is 1. The Labute approximate surface area is 105 Å². The summed E-state index contributed by atoms with van der Waals surface area (Å²) < 4.78 is 0. The van der Waals surface area contributed by atoms with Crippen LogP contribution < -0.4 is 5.32 Å². The molecule has 1 nitrogen and oxygen atoms in total. The van der Waals surface area contributed by atoms with E-state index in [4.69, 9.17) is 23.2 Å². The first-order valence-corrected chi connectivity index (χ1v) is 6.38. The minimum Gasteiger partial charge on any atom is -0.380 e. The van der Waals surface area contributed by atoms with Gasteiger partial charge in [-0.2, -0.15) is 0 Å². The average molecular weight is 254 g/mol. The van der Waals surface area contributed by atoms with Gasteiger partial charge < -0.3 is 5.32 Å². The van der Waals surface area contributed by atoms with Gasteiger partial charge in [-0.25, -0.2) is 0 Å². The molecule has 0 heterocycles. The van der Waals surface area contributed by atoms with Crippen molar-refractivity contribution in [2.75, 3.05) is 5.32 Å². The van der Waals surface area contributed by atoms with Gasteiger partial charge in [0, 0.05) is 12.0 Å². The molecule has 1 N–H and O–H groups in total. The van der Waals surface area contributed by atoms with Crippen molar-refractivity contribution in [3.63, 3.8) is 0 Å². The summed E-state index contributed by atoms with van der Waals surface area (Å²) in [5, 5.41) is 4.74. The molecule has 0 radical (unpaired) electrons. The van der Waals surface area contributed by atoms with Gasteiger partial charge in [0.05, 0.1) is 15.7 Å². The van der Waals surface area contributed by atoms with Crippen LogP contribution in [0.25, 0.3) is 0 Å². The quantitative estimate of drug-likeness (QED) is 0.773. The molecule has 3 atom stereocenters. The number of hydrogen-bond donors (Lipinski definition) is 1. The molecule has 3 rings (SSSR count). The maximum absolute atomic E-state index is 6.15. The van der Waals surface area contributed by atoms with E-state index < -0.39 is 0 Å². The molecule has 0 saturated heterocycles. The van der Waals surface area contributed by atoms with E-state index in [1.165, 1.54) is 12.8 Å². The maximum atomic E-state index is 6.15. The van der Waals surface area contributed by atoms with Gasteiger partial charge >= 0.3 is 0 Å². The van der Waals surface area contributed by atoms with Crippen molar-refractivity contribution in [1.82, 2.24) is 0 Å². The lowest BCUT2D eigenvalue weighted by molar-refractivity contribution is 0.218. The van der Waals surface area contributed by atoms with Crippen molar-refractivity contribution in [2.45, 2.75) is 18.9 Å². The third-order valence-electron chi connectivity index (χ3n) is 3.66. The van der Waals surface area contributed by atoms with Crippen LogP contribution in [-0.2, 0) is 0 Å². The number of rotatable bonds is 2. The highest BCUT2D eigenvalue weighted by Gasteiger charge is 2.41. The molecule has 84 valence electrons. The van der Waals surface area contributed by atoms with Crippen molar-refractivity contribution in [3.05, 3.63) is 40.4 Å². The lowest BCUT2D eigenvalue weighted by Gasteiger charge is -2.41. The molecule has 2 aliphatic carbocycles. The first kappa shape index (κ1) is 10.5. The summed E-state index contributed by atoms with van der Waals surface area (Å²) in [5.74, 6) is 1.55. The Hall–Kier alpha value is -0.660. The molecule has 2 aliphatic rings.